The highest BCUT2D eigenvalue weighted by atomic mass is 15.2. The molecular weight excluding hydrogens is 172 g/mol. The number of benzene rings is 1. The molecule has 1 aromatic carbocycles. The number of hydrogen-bond donors (Lipinski definition) is 1. The normalized spacial score (nSPS) is 26.7. The molecule has 1 aromatic rings. The molecule has 14 heavy (non-hydrogen) atoms. The number of rotatable bonds is 1. The monoisotopic (exact) mass is 188 g/mol. The van der Waals surface area contributed by atoms with Crippen molar-refractivity contribution in [2.45, 2.75) is 25.6 Å². The van der Waals surface area contributed by atoms with Crippen LogP contribution in [0.3, 0.4) is 0 Å². The molecule has 0 aliphatic carbocycles. The molecule has 2 nitrogen and oxygen atoms in total. The van der Waals surface area contributed by atoms with Crippen LogP contribution in [0.1, 0.15) is 17.5 Å². The van der Waals surface area contributed by atoms with E-state index < -0.39 is 0 Å². The molecule has 2 aliphatic heterocycles. The summed E-state index contributed by atoms with van der Waals surface area (Å²) in [6, 6.07) is 9.59. The first-order chi connectivity index (χ1) is 6.93. The van der Waals surface area contributed by atoms with Crippen molar-refractivity contribution in [2.75, 3.05) is 13.1 Å². The molecule has 1 atom stereocenters. The van der Waals surface area contributed by atoms with Crippen molar-refractivity contribution in [1.82, 2.24) is 10.2 Å². The van der Waals surface area contributed by atoms with Crippen molar-refractivity contribution in [1.29, 1.82) is 0 Å². The lowest BCUT2D eigenvalue weighted by Crippen LogP contribution is -2.32. The van der Waals surface area contributed by atoms with Gasteiger partial charge in [-0.2, -0.15) is 0 Å². The first-order valence-electron chi connectivity index (χ1n) is 5.45. The Labute approximate surface area is 84.9 Å². The molecule has 2 heteroatoms. The average molecular weight is 188 g/mol. The van der Waals surface area contributed by atoms with Gasteiger partial charge in [0.15, 0.2) is 0 Å². The fraction of sp³-hybridized carbons (Fsp3) is 0.500. The van der Waals surface area contributed by atoms with Gasteiger partial charge < -0.3 is 5.32 Å². The van der Waals surface area contributed by atoms with Crippen LogP contribution in [-0.4, -0.2) is 24.0 Å². The number of nitrogens with one attached hydrogen (secondary N) is 1. The lowest BCUT2D eigenvalue weighted by Gasteiger charge is -2.21. The van der Waals surface area contributed by atoms with Gasteiger partial charge >= 0.3 is 0 Å². The van der Waals surface area contributed by atoms with E-state index in [1.54, 1.807) is 0 Å². The highest BCUT2D eigenvalue weighted by Crippen LogP contribution is 2.25. The lowest BCUT2D eigenvalue weighted by molar-refractivity contribution is 0.212. The molecule has 0 spiro atoms. The Kier molecular flexibility index (Phi) is 2.03. The molecule has 0 bridgehead atoms. The Bertz CT molecular complexity index is 304. The minimum atomic E-state index is 0.766. The third-order valence-electron chi connectivity index (χ3n) is 3.42. The molecule has 0 saturated carbocycles. The number of fused-ring (bicyclic) bond motifs is 1. The first kappa shape index (κ1) is 8.45. The molecular formula is C12H16N2. The van der Waals surface area contributed by atoms with Crippen molar-refractivity contribution in [3.8, 4) is 0 Å². The molecule has 0 radical (unpaired) electrons. The Morgan fingerprint density at radius 1 is 1.14 bits per heavy atom. The first-order valence-corrected chi connectivity index (χ1v) is 5.45. The van der Waals surface area contributed by atoms with Crippen LogP contribution in [0.2, 0.25) is 0 Å². The van der Waals surface area contributed by atoms with E-state index in [9.17, 15) is 0 Å². The molecule has 1 fully saturated rings. The van der Waals surface area contributed by atoms with Gasteiger partial charge in [0, 0.05) is 25.7 Å². The maximum Gasteiger partial charge on any atom is 0.0244 e. The minimum Gasteiger partial charge on any atom is -0.315 e. The van der Waals surface area contributed by atoms with Crippen LogP contribution in [0.4, 0.5) is 0 Å². The van der Waals surface area contributed by atoms with E-state index in [4.69, 9.17) is 0 Å². The molecule has 1 saturated heterocycles. The summed E-state index contributed by atoms with van der Waals surface area (Å²) in [6.45, 7) is 4.68. The molecule has 2 heterocycles. The predicted octanol–water partition coefficient (Wildman–Crippen LogP) is 1.36. The van der Waals surface area contributed by atoms with Crippen molar-refractivity contribution in [3.63, 3.8) is 0 Å². The average Bonchev–Trinajstić information content (AvgIpc) is 2.86. The van der Waals surface area contributed by atoms with Crippen LogP contribution >= 0.6 is 0 Å². The smallest absolute Gasteiger partial charge is 0.0244 e. The van der Waals surface area contributed by atoms with Crippen LogP contribution in [-0.2, 0) is 13.1 Å². The second-order valence-electron chi connectivity index (χ2n) is 4.32. The van der Waals surface area contributed by atoms with E-state index in [1.807, 2.05) is 0 Å². The summed E-state index contributed by atoms with van der Waals surface area (Å²) in [5.41, 5.74) is 3.05. The van der Waals surface area contributed by atoms with Crippen LogP contribution in [0.25, 0.3) is 0 Å². The van der Waals surface area contributed by atoms with Gasteiger partial charge in [-0.25, -0.2) is 0 Å². The number of nitrogens with zero attached hydrogens (tertiary/aromatic N) is 1. The van der Waals surface area contributed by atoms with E-state index in [1.165, 1.54) is 30.6 Å². The van der Waals surface area contributed by atoms with Crippen LogP contribution in [0.15, 0.2) is 24.3 Å². The van der Waals surface area contributed by atoms with Gasteiger partial charge in [0.2, 0.25) is 0 Å². The largest absolute Gasteiger partial charge is 0.315 e. The zero-order valence-electron chi connectivity index (χ0n) is 8.37. The molecule has 3 rings (SSSR count). The van der Waals surface area contributed by atoms with Crippen LogP contribution in [0, 0.1) is 0 Å². The molecule has 0 aromatic heterocycles. The van der Waals surface area contributed by atoms with Gasteiger partial charge in [-0.3, -0.25) is 4.90 Å². The Balaban J connectivity index is 1.77. The third kappa shape index (κ3) is 1.35. The Hall–Kier alpha value is -0.860. The summed E-state index contributed by atoms with van der Waals surface area (Å²) in [7, 11) is 0. The third-order valence-corrected chi connectivity index (χ3v) is 3.42. The quantitative estimate of drug-likeness (QED) is 0.716. The van der Waals surface area contributed by atoms with Gasteiger partial charge in [-0.05, 0) is 24.1 Å². The summed E-state index contributed by atoms with van der Waals surface area (Å²) in [6.07, 6.45) is 1.31. The Morgan fingerprint density at radius 2 is 1.86 bits per heavy atom. The van der Waals surface area contributed by atoms with Gasteiger partial charge in [-0.15, -0.1) is 0 Å². The summed E-state index contributed by atoms with van der Waals surface area (Å²) in [5.74, 6) is 0. The predicted molar refractivity (Wildman–Crippen MR) is 57.0 cm³/mol. The van der Waals surface area contributed by atoms with Crippen molar-refractivity contribution in [2.24, 2.45) is 0 Å². The fourth-order valence-electron chi connectivity index (χ4n) is 2.57. The molecule has 0 amide bonds. The highest BCUT2D eigenvalue weighted by molar-refractivity contribution is 5.30. The highest BCUT2D eigenvalue weighted by Gasteiger charge is 2.27. The fourth-order valence-corrected chi connectivity index (χ4v) is 2.57. The summed E-state index contributed by atoms with van der Waals surface area (Å²) in [5, 5.41) is 3.43. The molecule has 0 unspecified atom stereocenters. The molecule has 2 aliphatic rings. The van der Waals surface area contributed by atoms with Gasteiger partial charge in [0.25, 0.3) is 0 Å². The zero-order chi connectivity index (χ0) is 9.38. The van der Waals surface area contributed by atoms with Gasteiger partial charge in [0.1, 0.15) is 0 Å². The van der Waals surface area contributed by atoms with Crippen molar-refractivity contribution in [3.05, 3.63) is 35.4 Å². The number of hydrogen-bond acceptors (Lipinski definition) is 2. The topological polar surface area (TPSA) is 15.3 Å². The van der Waals surface area contributed by atoms with E-state index >= 15 is 0 Å². The maximum absolute atomic E-state index is 3.43. The van der Waals surface area contributed by atoms with E-state index in [2.05, 4.69) is 34.5 Å². The molecule has 74 valence electrons. The molecule has 1 N–H and O–H groups in total. The van der Waals surface area contributed by atoms with Crippen molar-refractivity contribution < 1.29 is 0 Å². The zero-order valence-corrected chi connectivity index (χ0v) is 8.37. The SMILES string of the molecule is c1ccc2c(c1)CN([C@H]1CCNC1)C2. The van der Waals surface area contributed by atoms with E-state index in [-0.39, 0.29) is 0 Å². The summed E-state index contributed by atoms with van der Waals surface area (Å²) < 4.78 is 0. The second-order valence-corrected chi connectivity index (χ2v) is 4.32. The maximum atomic E-state index is 3.43. The van der Waals surface area contributed by atoms with Gasteiger partial charge in [0.05, 0.1) is 0 Å². The minimum absolute atomic E-state index is 0.766. The van der Waals surface area contributed by atoms with E-state index in [0.717, 1.165) is 19.1 Å². The summed E-state index contributed by atoms with van der Waals surface area (Å²) in [4.78, 5) is 2.60. The van der Waals surface area contributed by atoms with Crippen molar-refractivity contribution >= 4 is 0 Å². The standard InChI is InChI=1S/C12H16N2/c1-2-4-11-9-14(8-10(11)3-1)12-5-6-13-7-12/h1-4,12-13H,5-9H2/t12-/m0/s1. The van der Waals surface area contributed by atoms with Gasteiger partial charge in [-0.1, -0.05) is 24.3 Å². The van der Waals surface area contributed by atoms with E-state index in [0.29, 0.717) is 0 Å². The van der Waals surface area contributed by atoms with Crippen LogP contribution in [0.5, 0.6) is 0 Å². The second kappa shape index (κ2) is 3.37. The lowest BCUT2D eigenvalue weighted by atomic mass is 10.1. The summed E-state index contributed by atoms with van der Waals surface area (Å²) >= 11 is 0. The Morgan fingerprint density at radius 3 is 2.43 bits per heavy atom. The van der Waals surface area contributed by atoms with Crippen LogP contribution < -0.4 is 5.32 Å².